The van der Waals surface area contributed by atoms with E-state index in [0.717, 1.165) is 16.4 Å². The van der Waals surface area contributed by atoms with E-state index >= 15 is 0 Å². The van der Waals surface area contributed by atoms with Crippen LogP contribution in [0.15, 0.2) is 29.2 Å². The fourth-order valence-electron chi connectivity index (χ4n) is 1.36. The van der Waals surface area contributed by atoms with Gasteiger partial charge >= 0.3 is 0 Å². The molecule has 0 aromatic heterocycles. The fourth-order valence-corrected chi connectivity index (χ4v) is 2.48. The minimum absolute atomic E-state index is 0.0386. The molecule has 0 aliphatic carbocycles. The monoisotopic (exact) mass is 288 g/mol. The van der Waals surface area contributed by atoms with Crippen molar-refractivity contribution in [2.24, 2.45) is 0 Å². The maximum absolute atomic E-state index is 12.8. The van der Waals surface area contributed by atoms with Crippen LogP contribution in [0.2, 0.25) is 0 Å². The van der Waals surface area contributed by atoms with E-state index in [-0.39, 0.29) is 17.3 Å². The highest BCUT2D eigenvalue weighted by molar-refractivity contribution is 7.89. The van der Waals surface area contributed by atoms with Crippen molar-refractivity contribution in [3.05, 3.63) is 30.1 Å². The average molecular weight is 288 g/mol. The molecule has 0 radical (unpaired) electrons. The Kier molecular flexibility index (Phi) is 5.02. The number of hydrogen-bond donors (Lipinski definition) is 0. The van der Waals surface area contributed by atoms with Crippen LogP contribution >= 0.6 is 0 Å². The molecule has 0 saturated carbocycles. The number of halogens is 1. The van der Waals surface area contributed by atoms with E-state index in [0.29, 0.717) is 6.54 Å². The third-order valence-corrected chi connectivity index (χ3v) is 4.60. The molecule has 0 N–H and O–H groups in total. The molecule has 0 atom stereocenters. The second-order valence-corrected chi connectivity index (χ2v) is 6.17. The van der Waals surface area contributed by atoms with Crippen molar-refractivity contribution < 1.29 is 17.6 Å². The van der Waals surface area contributed by atoms with Gasteiger partial charge in [-0.25, -0.2) is 12.8 Å². The first-order chi connectivity index (χ1) is 8.78. The van der Waals surface area contributed by atoms with Crippen LogP contribution in [0.1, 0.15) is 6.92 Å². The smallest absolute Gasteiger partial charge is 0.243 e. The highest BCUT2D eigenvalue weighted by Crippen LogP contribution is 2.14. The summed E-state index contributed by atoms with van der Waals surface area (Å²) in [4.78, 5) is 13.1. The van der Waals surface area contributed by atoms with Gasteiger partial charge in [0.15, 0.2) is 0 Å². The van der Waals surface area contributed by atoms with Gasteiger partial charge in [-0.3, -0.25) is 4.79 Å². The van der Waals surface area contributed by atoms with Gasteiger partial charge in [-0.1, -0.05) is 0 Å². The Hall–Kier alpha value is -1.47. The van der Waals surface area contributed by atoms with Crippen molar-refractivity contribution in [2.75, 3.05) is 27.2 Å². The number of nitrogens with zero attached hydrogens (tertiary/aromatic N) is 2. The minimum atomic E-state index is -3.77. The summed E-state index contributed by atoms with van der Waals surface area (Å²) >= 11 is 0. The first-order valence-electron chi connectivity index (χ1n) is 5.75. The maximum Gasteiger partial charge on any atom is 0.243 e. The lowest BCUT2D eigenvalue weighted by Gasteiger charge is -2.20. The van der Waals surface area contributed by atoms with Crippen LogP contribution in [0, 0.1) is 5.82 Å². The molecule has 1 aromatic carbocycles. The van der Waals surface area contributed by atoms with Gasteiger partial charge in [0.05, 0.1) is 11.4 Å². The number of sulfonamides is 1. The topological polar surface area (TPSA) is 57.7 Å². The van der Waals surface area contributed by atoms with Gasteiger partial charge < -0.3 is 4.90 Å². The van der Waals surface area contributed by atoms with Crippen molar-refractivity contribution in [1.29, 1.82) is 0 Å². The molecule has 106 valence electrons. The van der Waals surface area contributed by atoms with Gasteiger partial charge in [-0.05, 0) is 31.2 Å². The standard InChI is InChI=1S/C12H17FN2O3S/c1-4-14(2)12(16)9-15(3)19(17,18)11-7-5-10(13)6-8-11/h5-8H,4,9H2,1-3H3. The SMILES string of the molecule is CCN(C)C(=O)CN(C)S(=O)(=O)c1ccc(F)cc1. The van der Waals surface area contributed by atoms with Crippen LogP contribution in [0.3, 0.4) is 0 Å². The van der Waals surface area contributed by atoms with Crippen molar-refractivity contribution in [3.8, 4) is 0 Å². The van der Waals surface area contributed by atoms with Gasteiger partial charge in [-0.15, -0.1) is 0 Å². The van der Waals surface area contributed by atoms with E-state index in [2.05, 4.69) is 0 Å². The second kappa shape index (κ2) is 6.12. The molecule has 19 heavy (non-hydrogen) atoms. The Morgan fingerprint density at radius 2 is 1.74 bits per heavy atom. The zero-order valence-electron chi connectivity index (χ0n) is 11.1. The molecular weight excluding hydrogens is 271 g/mol. The Labute approximate surface area is 112 Å². The summed E-state index contributed by atoms with van der Waals surface area (Å²) in [5.41, 5.74) is 0. The van der Waals surface area contributed by atoms with Gasteiger partial charge in [0.25, 0.3) is 0 Å². The average Bonchev–Trinajstić information content (AvgIpc) is 2.38. The quantitative estimate of drug-likeness (QED) is 0.809. The number of carbonyl (C=O) groups is 1. The number of hydrogen-bond acceptors (Lipinski definition) is 3. The van der Waals surface area contributed by atoms with Crippen LogP contribution in [-0.2, 0) is 14.8 Å². The zero-order chi connectivity index (χ0) is 14.6. The molecule has 1 aromatic rings. The Morgan fingerprint density at radius 1 is 1.21 bits per heavy atom. The largest absolute Gasteiger partial charge is 0.345 e. The van der Waals surface area contributed by atoms with Gasteiger partial charge in [0.2, 0.25) is 15.9 Å². The van der Waals surface area contributed by atoms with E-state index < -0.39 is 15.8 Å². The molecule has 0 spiro atoms. The van der Waals surface area contributed by atoms with E-state index in [9.17, 15) is 17.6 Å². The van der Waals surface area contributed by atoms with Crippen LogP contribution < -0.4 is 0 Å². The molecule has 1 amide bonds. The molecule has 0 unspecified atom stereocenters. The molecule has 0 aliphatic rings. The Morgan fingerprint density at radius 3 is 2.21 bits per heavy atom. The third-order valence-electron chi connectivity index (χ3n) is 2.78. The van der Waals surface area contributed by atoms with E-state index in [1.54, 1.807) is 14.0 Å². The van der Waals surface area contributed by atoms with E-state index in [1.165, 1.54) is 24.1 Å². The van der Waals surface area contributed by atoms with Crippen molar-refractivity contribution in [2.45, 2.75) is 11.8 Å². The molecule has 0 heterocycles. The predicted molar refractivity (Wildman–Crippen MR) is 69.5 cm³/mol. The summed E-state index contributed by atoms with van der Waals surface area (Å²) in [6.45, 7) is 2.06. The summed E-state index contributed by atoms with van der Waals surface area (Å²) in [7, 11) is -0.856. The van der Waals surface area contributed by atoms with Gasteiger partial charge in [-0.2, -0.15) is 4.31 Å². The molecule has 1 rings (SSSR count). The summed E-state index contributed by atoms with van der Waals surface area (Å²) in [6, 6.07) is 4.49. The van der Waals surface area contributed by atoms with E-state index in [4.69, 9.17) is 0 Å². The highest BCUT2D eigenvalue weighted by atomic mass is 32.2. The molecular formula is C12H17FN2O3S. The van der Waals surface area contributed by atoms with Crippen molar-refractivity contribution in [3.63, 3.8) is 0 Å². The number of likely N-dealkylation sites (N-methyl/N-ethyl adjacent to an activating group) is 2. The van der Waals surface area contributed by atoms with Crippen molar-refractivity contribution >= 4 is 15.9 Å². The minimum Gasteiger partial charge on any atom is -0.345 e. The summed E-state index contributed by atoms with van der Waals surface area (Å²) < 4.78 is 38.0. The number of carbonyl (C=O) groups excluding carboxylic acids is 1. The molecule has 0 bridgehead atoms. The summed E-state index contributed by atoms with van der Waals surface area (Å²) in [5.74, 6) is -0.806. The van der Waals surface area contributed by atoms with Crippen LogP contribution in [0.25, 0.3) is 0 Å². The molecule has 0 fully saturated rings. The predicted octanol–water partition coefficient (Wildman–Crippen LogP) is 0.924. The second-order valence-electron chi connectivity index (χ2n) is 4.12. The lowest BCUT2D eigenvalue weighted by Crippen LogP contribution is -2.39. The van der Waals surface area contributed by atoms with Gasteiger partial charge in [0.1, 0.15) is 5.82 Å². The highest BCUT2D eigenvalue weighted by Gasteiger charge is 2.23. The number of amides is 1. The van der Waals surface area contributed by atoms with Crippen molar-refractivity contribution in [1.82, 2.24) is 9.21 Å². The third kappa shape index (κ3) is 3.74. The first-order valence-corrected chi connectivity index (χ1v) is 7.19. The lowest BCUT2D eigenvalue weighted by atomic mass is 10.4. The summed E-state index contributed by atoms with van der Waals surface area (Å²) in [6.07, 6.45) is 0. The lowest BCUT2D eigenvalue weighted by molar-refractivity contribution is -0.129. The Balaban J connectivity index is 2.88. The summed E-state index contributed by atoms with van der Waals surface area (Å²) in [5, 5.41) is 0. The maximum atomic E-state index is 12.8. The normalized spacial score (nSPS) is 11.6. The van der Waals surface area contributed by atoms with Crippen LogP contribution in [0.5, 0.6) is 0 Å². The Bertz CT molecular complexity index is 543. The molecule has 5 nitrogen and oxygen atoms in total. The van der Waals surface area contributed by atoms with Gasteiger partial charge in [0, 0.05) is 20.6 Å². The zero-order valence-corrected chi connectivity index (χ0v) is 11.9. The molecule has 0 aliphatic heterocycles. The number of rotatable bonds is 5. The molecule has 7 heteroatoms. The fraction of sp³-hybridized carbons (Fsp3) is 0.417. The first kappa shape index (κ1) is 15.6. The van der Waals surface area contributed by atoms with Crippen LogP contribution in [-0.4, -0.2) is 50.7 Å². The number of benzene rings is 1. The molecule has 0 saturated heterocycles. The van der Waals surface area contributed by atoms with Crippen LogP contribution in [0.4, 0.5) is 4.39 Å². The van der Waals surface area contributed by atoms with E-state index in [1.807, 2.05) is 0 Å².